The van der Waals surface area contributed by atoms with Gasteiger partial charge in [0.05, 0.1) is 8.65 Å². The average molecular weight is 596 g/mol. The average Bonchev–Trinajstić information content (AvgIpc) is 2.65. The molecule has 11 heteroatoms. The van der Waals surface area contributed by atoms with Crippen molar-refractivity contribution in [3.05, 3.63) is 82.9 Å². The first-order chi connectivity index (χ1) is 14.6. The number of benzene rings is 2. The van der Waals surface area contributed by atoms with Crippen molar-refractivity contribution in [2.75, 3.05) is 0 Å². The molecule has 0 amide bonds. The summed E-state index contributed by atoms with van der Waals surface area (Å²) in [5.74, 6) is -1.88. The van der Waals surface area contributed by atoms with Gasteiger partial charge in [0.25, 0.3) is 0 Å². The standard InChI is InChI=1S/C21H13Br2F9/c22-17(13-5-1-3-7-15(13)24)9-12(19(26,20(27,28)29)21(30,31)32)10-18(23,11-17)14-6-2-4-8-16(14)25/h1-9H,10-11H2. The molecule has 0 aliphatic heterocycles. The highest BCUT2D eigenvalue weighted by atomic mass is 79.9. The van der Waals surface area contributed by atoms with E-state index in [0.717, 1.165) is 24.3 Å². The van der Waals surface area contributed by atoms with Crippen LogP contribution in [0.5, 0.6) is 0 Å². The number of hydrogen-bond acceptors (Lipinski definition) is 0. The van der Waals surface area contributed by atoms with E-state index in [1.807, 2.05) is 0 Å². The quantitative estimate of drug-likeness (QED) is 0.190. The van der Waals surface area contributed by atoms with Crippen LogP contribution >= 0.6 is 31.9 Å². The zero-order valence-corrected chi connectivity index (χ0v) is 18.9. The fourth-order valence-electron chi connectivity index (χ4n) is 3.88. The van der Waals surface area contributed by atoms with Gasteiger partial charge in [0.2, 0.25) is 0 Å². The summed E-state index contributed by atoms with van der Waals surface area (Å²) in [6.07, 6.45) is -13.9. The Morgan fingerprint density at radius 1 is 0.688 bits per heavy atom. The van der Waals surface area contributed by atoms with Gasteiger partial charge in [-0.2, -0.15) is 26.3 Å². The van der Waals surface area contributed by atoms with E-state index in [4.69, 9.17) is 0 Å². The number of rotatable bonds is 3. The smallest absolute Gasteiger partial charge is 0.219 e. The molecule has 174 valence electrons. The van der Waals surface area contributed by atoms with Gasteiger partial charge in [0, 0.05) is 11.1 Å². The first-order valence-corrected chi connectivity index (χ1v) is 10.6. The van der Waals surface area contributed by atoms with Crippen LogP contribution in [0.25, 0.3) is 0 Å². The van der Waals surface area contributed by atoms with E-state index in [1.54, 1.807) is 0 Å². The van der Waals surface area contributed by atoms with Crippen molar-refractivity contribution in [2.24, 2.45) is 0 Å². The van der Waals surface area contributed by atoms with Gasteiger partial charge in [-0.15, -0.1) is 0 Å². The van der Waals surface area contributed by atoms with Crippen LogP contribution in [0.2, 0.25) is 0 Å². The van der Waals surface area contributed by atoms with Gasteiger partial charge in [-0.05, 0) is 30.5 Å². The molecule has 0 nitrogen and oxygen atoms in total. The molecule has 0 saturated carbocycles. The molecule has 2 aromatic carbocycles. The van der Waals surface area contributed by atoms with Gasteiger partial charge >= 0.3 is 18.0 Å². The largest absolute Gasteiger partial charge is 0.435 e. The van der Waals surface area contributed by atoms with E-state index in [2.05, 4.69) is 31.9 Å². The Morgan fingerprint density at radius 3 is 1.56 bits per heavy atom. The molecule has 2 unspecified atom stereocenters. The minimum Gasteiger partial charge on any atom is -0.219 e. The molecule has 2 atom stereocenters. The summed E-state index contributed by atoms with van der Waals surface area (Å²) in [5, 5.41) is 0. The maximum Gasteiger partial charge on any atom is 0.435 e. The third kappa shape index (κ3) is 4.10. The SMILES string of the molecule is Fc1ccccc1C1(Br)C=C(C(F)(C(F)(F)F)C(F)(F)F)CC(Br)(c2ccccc2F)C1. The zero-order chi connectivity index (χ0) is 24.2. The molecule has 32 heavy (non-hydrogen) atoms. The highest BCUT2D eigenvalue weighted by Gasteiger charge is 2.75. The van der Waals surface area contributed by atoms with Crippen molar-refractivity contribution < 1.29 is 39.5 Å². The van der Waals surface area contributed by atoms with Crippen LogP contribution in [0.1, 0.15) is 24.0 Å². The van der Waals surface area contributed by atoms with Gasteiger partial charge < -0.3 is 0 Å². The lowest BCUT2D eigenvalue weighted by molar-refractivity contribution is -0.327. The second kappa shape index (κ2) is 8.07. The third-order valence-electron chi connectivity index (χ3n) is 5.31. The van der Waals surface area contributed by atoms with E-state index in [-0.39, 0.29) is 11.1 Å². The first kappa shape index (κ1) is 25.1. The molecule has 0 radical (unpaired) electrons. The Hall–Kier alpha value is -1.49. The van der Waals surface area contributed by atoms with Crippen LogP contribution < -0.4 is 0 Å². The van der Waals surface area contributed by atoms with E-state index in [0.29, 0.717) is 6.08 Å². The second-order valence-corrected chi connectivity index (χ2v) is 10.4. The minimum atomic E-state index is -6.37. The minimum absolute atomic E-state index is 0.294. The Kier molecular flexibility index (Phi) is 6.34. The molecule has 0 heterocycles. The monoisotopic (exact) mass is 594 g/mol. The van der Waals surface area contributed by atoms with Crippen molar-refractivity contribution >= 4 is 31.9 Å². The highest BCUT2D eigenvalue weighted by Crippen LogP contribution is 2.61. The Bertz CT molecular complexity index is 1030. The van der Waals surface area contributed by atoms with Crippen molar-refractivity contribution in [3.63, 3.8) is 0 Å². The van der Waals surface area contributed by atoms with Crippen molar-refractivity contribution in [2.45, 2.75) is 39.5 Å². The summed E-state index contributed by atoms with van der Waals surface area (Å²) in [6.45, 7) is 0. The molecular weight excluding hydrogens is 583 g/mol. The molecule has 0 spiro atoms. The van der Waals surface area contributed by atoms with E-state index in [9.17, 15) is 35.1 Å². The van der Waals surface area contributed by atoms with Gasteiger partial charge in [-0.25, -0.2) is 13.2 Å². The van der Waals surface area contributed by atoms with Gasteiger partial charge in [0.1, 0.15) is 11.6 Å². The predicted molar refractivity (Wildman–Crippen MR) is 107 cm³/mol. The molecule has 0 fully saturated rings. The summed E-state index contributed by atoms with van der Waals surface area (Å²) >= 11 is 6.13. The summed E-state index contributed by atoms with van der Waals surface area (Å²) in [6, 6.07) is 9.40. The van der Waals surface area contributed by atoms with Crippen LogP contribution in [0.3, 0.4) is 0 Å². The lowest BCUT2D eigenvalue weighted by atomic mass is 9.71. The fraction of sp³-hybridized carbons (Fsp3) is 0.333. The van der Waals surface area contributed by atoms with Crippen LogP contribution in [-0.4, -0.2) is 18.0 Å². The van der Waals surface area contributed by atoms with Crippen molar-refractivity contribution in [1.82, 2.24) is 0 Å². The van der Waals surface area contributed by atoms with Gasteiger partial charge in [-0.1, -0.05) is 74.3 Å². The summed E-state index contributed by atoms with van der Waals surface area (Å²) in [4.78, 5) is 0. The maximum atomic E-state index is 15.1. The van der Waals surface area contributed by atoms with E-state index in [1.165, 1.54) is 24.3 Å². The zero-order valence-electron chi connectivity index (χ0n) is 15.8. The van der Waals surface area contributed by atoms with Crippen LogP contribution in [0.15, 0.2) is 60.2 Å². The molecule has 0 saturated heterocycles. The van der Waals surface area contributed by atoms with E-state index >= 15 is 4.39 Å². The normalized spacial score (nSPS) is 24.9. The predicted octanol–water partition coefficient (Wildman–Crippen LogP) is 8.40. The van der Waals surface area contributed by atoms with Crippen LogP contribution in [-0.2, 0) is 8.65 Å². The number of halogens is 11. The fourth-order valence-corrected chi connectivity index (χ4v) is 6.40. The summed E-state index contributed by atoms with van der Waals surface area (Å²) in [7, 11) is 0. The molecule has 1 aliphatic carbocycles. The number of alkyl halides is 9. The van der Waals surface area contributed by atoms with Gasteiger partial charge in [-0.3, -0.25) is 0 Å². The lowest BCUT2D eigenvalue weighted by Crippen LogP contribution is -2.56. The van der Waals surface area contributed by atoms with Crippen molar-refractivity contribution in [3.8, 4) is 0 Å². The van der Waals surface area contributed by atoms with E-state index < -0.39 is 56.7 Å². The van der Waals surface area contributed by atoms with Crippen molar-refractivity contribution in [1.29, 1.82) is 0 Å². The molecule has 0 bridgehead atoms. The van der Waals surface area contributed by atoms with Crippen LogP contribution in [0.4, 0.5) is 39.5 Å². The number of hydrogen-bond donors (Lipinski definition) is 0. The molecular formula is C21H13Br2F9. The topological polar surface area (TPSA) is 0 Å². The molecule has 3 rings (SSSR count). The summed E-state index contributed by atoms with van der Waals surface area (Å²) in [5.41, 5.74) is -8.08. The molecule has 0 aromatic heterocycles. The third-order valence-corrected chi connectivity index (χ3v) is 7.24. The lowest BCUT2D eigenvalue weighted by Gasteiger charge is -2.45. The Labute approximate surface area is 193 Å². The van der Waals surface area contributed by atoms with Gasteiger partial charge in [0.15, 0.2) is 0 Å². The Balaban J connectivity index is 2.34. The summed E-state index contributed by atoms with van der Waals surface area (Å²) < 4.78 is 121. The van der Waals surface area contributed by atoms with Crippen LogP contribution in [0, 0.1) is 11.6 Å². The molecule has 1 aliphatic rings. The maximum absolute atomic E-state index is 15.1. The first-order valence-electron chi connectivity index (χ1n) is 8.98. The molecule has 0 N–H and O–H groups in total. The highest BCUT2D eigenvalue weighted by molar-refractivity contribution is 9.10. The Morgan fingerprint density at radius 2 is 1.12 bits per heavy atom. The molecule has 2 aromatic rings. The second-order valence-electron chi connectivity index (χ2n) is 7.46. The number of allylic oxidation sites excluding steroid dienone is 2.